The molecule has 1 aliphatic heterocycles. The highest BCUT2D eigenvalue weighted by atomic mass is 16.5. The van der Waals surface area contributed by atoms with Crippen LogP contribution in [0.5, 0.6) is 11.5 Å². The molecule has 1 heterocycles. The number of carbonyl (C=O) groups excluding carboxylic acids is 1. The van der Waals surface area contributed by atoms with Gasteiger partial charge in [-0.15, -0.1) is 0 Å². The second kappa shape index (κ2) is 7.75. The van der Waals surface area contributed by atoms with Gasteiger partial charge in [0, 0.05) is 25.1 Å². The Hall–Kier alpha value is -1.75. The van der Waals surface area contributed by atoms with Gasteiger partial charge in [-0.2, -0.15) is 0 Å². The summed E-state index contributed by atoms with van der Waals surface area (Å²) in [6, 6.07) is 5.25. The van der Waals surface area contributed by atoms with Crippen molar-refractivity contribution in [1.29, 1.82) is 0 Å². The molecule has 1 aliphatic rings. The summed E-state index contributed by atoms with van der Waals surface area (Å²) in [4.78, 5) is 12.0. The third-order valence-corrected chi connectivity index (χ3v) is 3.13. The van der Waals surface area contributed by atoms with E-state index < -0.39 is 0 Å². The van der Waals surface area contributed by atoms with Crippen molar-refractivity contribution in [2.45, 2.75) is 25.7 Å². The van der Waals surface area contributed by atoms with Crippen molar-refractivity contribution in [3.63, 3.8) is 0 Å². The Balaban J connectivity index is 1.88. The fraction of sp³-hybridized carbons (Fsp3) is 0.533. The highest BCUT2D eigenvalue weighted by molar-refractivity contribution is 5.94. The first-order valence-corrected chi connectivity index (χ1v) is 7.10. The van der Waals surface area contributed by atoms with Crippen LogP contribution >= 0.6 is 0 Å². The van der Waals surface area contributed by atoms with Crippen molar-refractivity contribution in [2.75, 3.05) is 26.4 Å². The lowest BCUT2D eigenvalue weighted by Crippen LogP contribution is -2.24. The van der Waals surface area contributed by atoms with E-state index in [4.69, 9.17) is 14.6 Å². The molecule has 20 heavy (non-hydrogen) atoms. The summed E-state index contributed by atoms with van der Waals surface area (Å²) in [5.41, 5.74) is 0.580. The summed E-state index contributed by atoms with van der Waals surface area (Å²) < 4.78 is 11.1. The average molecular weight is 279 g/mol. The van der Waals surface area contributed by atoms with Gasteiger partial charge in [0.05, 0.1) is 13.2 Å². The summed E-state index contributed by atoms with van der Waals surface area (Å²) in [6.45, 7) is 2.08. The maximum atomic E-state index is 12.0. The second-order valence-electron chi connectivity index (χ2n) is 4.75. The minimum atomic E-state index is -0.107. The highest BCUT2D eigenvalue weighted by Gasteiger charge is 2.13. The Morgan fingerprint density at radius 2 is 1.95 bits per heavy atom. The van der Waals surface area contributed by atoms with Crippen molar-refractivity contribution >= 4 is 5.91 Å². The largest absolute Gasteiger partial charge is 0.490 e. The Kier molecular flexibility index (Phi) is 5.68. The molecule has 2 rings (SSSR count). The van der Waals surface area contributed by atoms with E-state index in [1.54, 1.807) is 18.2 Å². The van der Waals surface area contributed by atoms with Gasteiger partial charge in [-0.25, -0.2) is 0 Å². The number of hydrogen-bond acceptors (Lipinski definition) is 4. The minimum Gasteiger partial charge on any atom is -0.490 e. The van der Waals surface area contributed by atoms with Crippen LogP contribution in [0.4, 0.5) is 0 Å². The SMILES string of the molecule is O=C(NCCCCCO)c1ccc2c(c1)OCCCO2. The predicted octanol–water partition coefficient (Wildman–Crippen LogP) is 1.74. The monoisotopic (exact) mass is 279 g/mol. The van der Waals surface area contributed by atoms with Crippen molar-refractivity contribution in [1.82, 2.24) is 5.32 Å². The third kappa shape index (κ3) is 4.13. The number of aliphatic hydroxyl groups excluding tert-OH is 1. The molecule has 1 amide bonds. The number of ether oxygens (including phenoxy) is 2. The Morgan fingerprint density at radius 3 is 2.75 bits per heavy atom. The maximum Gasteiger partial charge on any atom is 0.251 e. The van der Waals surface area contributed by atoms with E-state index in [9.17, 15) is 4.79 Å². The van der Waals surface area contributed by atoms with Gasteiger partial charge in [0.1, 0.15) is 0 Å². The fourth-order valence-electron chi connectivity index (χ4n) is 2.02. The van der Waals surface area contributed by atoms with Gasteiger partial charge in [-0.3, -0.25) is 4.79 Å². The molecular weight excluding hydrogens is 258 g/mol. The van der Waals surface area contributed by atoms with E-state index in [1.807, 2.05) is 0 Å². The first-order chi connectivity index (χ1) is 9.81. The number of benzene rings is 1. The normalized spacial score (nSPS) is 13.7. The third-order valence-electron chi connectivity index (χ3n) is 3.13. The van der Waals surface area contributed by atoms with Gasteiger partial charge in [0.25, 0.3) is 5.91 Å². The van der Waals surface area contributed by atoms with Crippen molar-refractivity contribution in [2.24, 2.45) is 0 Å². The van der Waals surface area contributed by atoms with Crippen LogP contribution in [-0.2, 0) is 0 Å². The lowest BCUT2D eigenvalue weighted by atomic mass is 10.2. The first-order valence-electron chi connectivity index (χ1n) is 7.10. The standard InChI is InChI=1S/C15H21NO4/c17-8-3-1-2-7-16-15(18)12-5-6-13-14(11-12)20-10-4-9-19-13/h5-6,11,17H,1-4,7-10H2,(H,16,18). The van der Waals surface area contributed by atoms with E-state index in [-0.39, 0.29) is 12.5 Å². The lowest BCUT2D eigenvalue weighted by Gasteiger charge is -2.09. The molecule has 0 aromatic heterocycles. The van der Waals surface area contributed by atoms with Crippen LogP contribution in [0.15, 0.2) is 18.2 Å². The molecule has 0 atom stereocenters. The quantitative estimate of drug-likeness (QED) is 0.778. The molecule has 1 aromatic carbocycles. The molecule has 5 heteroatoms. The van der Waals surface area contributed by atoms with Gasteiger partial charge in [-0.05, 0) is 37.5 Å². The van der Waals surface area contributed by atoms with Crippen molar-refractivity contribution in [3.05, 3.63) is 23.8 Å². The zero-order chi connectivity index (χ0) is 14.2. The van der Waals surface area contributed by atoms with Crippen molar-refractivity contribution < 1.29 is 19.4 Å². The minimum absolute atomic E-state index is 0.107. The van der Waals surface area contributed by atoms with E-state index >= 15 is 0 Å². The van der Waals surface area contributed by atoms with Gasteiger partial charge in [-0.1, -0.05) is 0 Å². The molecule has 0 fully saturated rings. The molecular formula is C15H21NO4. The Morgan fingerprint density at radius 1 is 1.15 bits per heavy atom. The summed E-state index contributed by atoms with van der Waals surface area (Å²) in [7, 11) is 0. The Labute approximate surface area is 118 Å². The van der Waals surface area contributed by atoms with Crippen molar-refractivity contribution in [3.8, 4) is 11.5 Å². The van der Waals surface area contributed by atoms with E-state index in [1.165, 1.54) is 0 Å². The molecule has 0 unspecified atom stereocenters. The van der Waals surface area contributed by atoms with Crippen LogP contribution < -0.4 is 14.8 Å². The number of aliphatic hydroxyl groups is 1. The second-order valence-corrected chi connectivity index (χ2v) is 4.75. The summed E-state index contributed by atoms with van der Waals surface area (Å²) in [6.07, 6.45) is 3.41. The topological polar surface area (TPSA) is 67.8 Å². The molecule has 110 valence electrons. The van der Waals surface area contributed by atoms with Gasteiger partial charge < -0.3 is 19.9 Å². The molecule has 0 saturated carbocycles. The smallest absolute Gasteiger partial charge is 0.251 e. The van der Waals surface area contributed by atoms with Gasteiger partial charge in [0.15, 0.2) is 11.5 Å². The molecule has 1 aromatic rings. The summed E-state index contributed by atoms with van der Waals surface area (Å²) in [5.74, 6) is 1.22. The van der Waals surface area contributed by atoms with E-state index in [0.29, 0.717) is 36.8 Å². The molecule has 0 aliphatic carbocycles. The number of nitrogens with one attached hydrogen (secondary N) is 1. The van der Waals surface area contributed by atoms with Crippen LogP contribution in [-0.4, -0.2) is 37.4 Å². The van der Waals surface area contributed by atoms with Crippen LogP contribution in [0.1, 0.15) is 36.0 Å². The van der Waals surface area contributed by atoms with Crippen LogP contribution in [0, 0.1) is 0 Å². The number of unbranched alkanes of at least 4 members (excludes halogenated alkanes) is 2. The Bertz CT molecular complexity index is 447. The molecule has 0 spiro atoms. The van der Waals surface area contributed by atoms with Gasteiger partial charge >= 0.3 is 0 Å². The predicted molar refractivity (Wildman–Crippen MR) is 75.3 cm³/mol. The lowest BCUT2D eigenvalue weighted by molar-refractivity contribution is 0.0952. The number of carbonyl (C=O) groups is 1. The maximum absolute atomic E-state index is 12.0. The summed E-state index contributed by atoms with van der Waals surface area (Å²) >= 11 is 0. The average Bonchev–Trinajstić information content (AvgIpc) is 2.71. The zero-order valence-electron chi connectivity index (χ0n) is 11.6. The molecule has 0 radical (unpaired) electrons. The molecule has 5 nitrogen and oxygen atoms in total. The van der Waals surface area contributed by atoms with Crippen LogP contribution in [0.3, 0.4) is 0 Å². The molecule has 0 bridgehead atoms. The number of hydrogen-bond donors (Lipinski definition) is 2. The zero-order valence-corrected chi connectivity index (χ0v) is 11.6. The van der Waals surface area contributed by atoms with Crippen LogP contribution in [0.25, 0.3) is 0 Å². The van der Waals surface area contributed by atoms with E-state index in [2.05, 4.69) is 5.32 Å². The van der Waals surface area contributed by atoms with E-state index in [0.717, 1.165) is 25.7 Å². The number of fused-ring (bicyclic) bond motifs is 1. The van der Waals surface area contributed by atoms with Gasteiger partial charge in [0.2, 0.25) is 0 Å². The number of rotatable bonds is 6. The summed E-state index contributed by atoms with van der Waals surface area (Å²) in [5, 5.41) is 11.5. The van der Waals surface area contributed by atoms with Crippen LogP contribution in [0.2, 0.25) is 0 Å². The fourth-order valence-corrected chi connectivity index (χ4v) is 2.02. The first kappa shape index (κ1) is 14.7. The molecule has 0 saturated heterocycles. The highest BCUT2D eigenvalue weighted by Crippen LogP contribution is 2.30. The molecule has 2 N–H and O–H groups in total. The number of amides is 1.